The van der Waals surface area contributed by atoms with Gasteiger partial charge in [0.25, 0.3) is 5.91 Å². The number of allylic oxidation sites excluding steroid dienone is 1. The van der Waals surface area contributed by atoms with Crippen molar-refractivity contribution >= 4 is 23.6 Å². The number of rotatable bonds is 2. The Labute approximate surface area is 108 Å². The first-order valence-corrected chi connectivity index (χ1v) is 6.57. The molecule has 1 N–H and O–H groups in total. The zero-order valence-electron chi connectivity index (χ0n) is 9.41. The molecule has 3 aliphatic heterocycles. The van der Waals surface area contributed by atoms with Crippen LogP contribution < -0.4 is 0 Å². The van der Waals surface area contributed by atoms with Crippen molar-refractivity contribution in [2.45, 2.75) is 24.3 Å². The fourth-order valence-corrected chi connectivity index (χ4v) is 3.29. The molecule has 2 atom stereocenters. The van der Waals surface area contributed by atoms with Crippen LogP contribution in [0.2, 0.25) is 0 Å². The average Bonchev–Trinajstić information content (AvgIpc) is 2.77. The van der Waals surface area contributed by atoms with Gasteiger partial charge in [-0.2, -0.15) is 0 Å². The summed E-state index contributed by atoms with van der Waals surface area (Å²) < 4.78 is 5.39. The van der Waals surface area contributed by atoms with Gasteiger partial charge in [0.2, 0.25) is 0 Å². The second kappa shape index (κ2) is 4.20. The molecule has 0 aromatic carbocycles. The summed E-state index contributed by atoms with van der Waals surface area (Å²) in [6.07, 6.45) is 7.11. The van der Waals surface area contributed by atoms with Crippen molar-refractivity contribution in [2.24, 2.45) is 0 Å². The van der Waals surface area contributed by atoms with Crippen LogP contribution in [-0.2, 0) is 14.3 Å². The van der Waals surface area contributed by atoms with Crippen LogP contribution in [0.25, 0.3) is 0 Å². The van der Waals surface area contributed by atoms with E-state index in [-0.39, 0.29) is 23.1 Å². The van der Waals surface area contributed by atoms with Gasteiger partial charge in [0.15, 0.2) is 0 Å². The van der Waals surface area contributed by atoms with Crippen LogP contribution in [0.4, 0.5) is 0 Å². The number of hydrogen-bond acceptors (Lipinski definition) is 4. The van der Waals surface area contributed by atoms with E-state index in [1.165, 1.54) is 22.1 Å². The number of carboxylic acid groups (broad SMARTS) is 1. The van der Waals surface area contributed by atoms with Crippen molar-refractivity contribution < 1.29 is 19.4 Å². The second-order valence-electron chi connectivity index (χ2n) is 4.22. The number of β-lactam (4-membered cyclic amide) rings is 1. The molecule has 0 aromatic rings. The number of amides is 1. The molecule has 1 saturated heterocycles. The second-order valence-corrected chi connectivity index (χ2v) is 5.17. The number of carbonyl (C=O) groups is 2. The van der Waals surface area contributed by atoms with E-state index in [1.54, 1.807) is 6.26 Å². The Hall–Kier alpha value is -1.69. The zero-order valence-corrected chi connectivity index (χ0v) is 10.2. The van der Waals surface area contributed by atoms with E-state index in [9.17, 15) is 9.59 Å². The fourth-order valence-electron chi connectivity index (χ4n) is 2.16. The monoisotopic (exact) mass is 265 g/mol. The molecule has 0 radical (unpaired) electrons. The summed E-state index contributed by atoms with van der Waals surface area (Å²) in [5.74, 6) is -1.29. The molecule has 18 heavy (non-hydrogen) atoms. The lowest BCUT2D eigenvalue weighted by Gasteiger charge is -2.37. The van der Waals surface area contributed by atoms with Gasteiger partial charge in [-0.3, -0.25) is 9.69 Å². The highest BCUT2D eigenvalue weighted by atomic mass is 32.2. The lowest BCUT2D eigenvalue weighted by molar-refractivity contribution is -0.141. The van der Waals surface area contributed by atoms with Gasteiger partial charge in [-0.05, 0) is 25.0 Å². The first-order valence-electron chi connectivity index (χ1n) is 5.63. The standard InChI is InChI=1S/C12H11NO4S/c14-10-8(5-7-3-1-2-4-17-7)11-13(10)9(6-18-11)12(15)16/h2,4-7,11H,1,3H2,(H,15,16)/t7?,11-/m1/s1. The number of carboxylic acids is 1. The first-order chi connectivity index (χ1) is 8.68. The third-order valence-electron chi connectivity index (χ3n) is 3.09. The van der Waals surface area contributed by atoms with E-state index >= 15 is 0 Å². The maximum absolute atomic E-state index is 11.9. The highest BCUT2D eigenvalue weighted by Gasteiger charge is 2.49. The summed E-state index contributed by atoms with van der Waals surface area (Å²) in [6, 6.07) is 0. The van der Waals surface area contributed by atoms with Crippen LogP contribution in [-0.4, -0.2) is 33.4 Å². The van der Waals surface area contributed by atoms with Crippen molar-refractivity contribution in [3.05, 3.63) is 35.1 Å². The number of hydrogen-bond donors (Lipinski definition) is 1. The highest BCUT2D eigenvalue weighted by Crippen LogP contribution is 2.44. The lowest BCUT2D eigenvalue weighted by atomic mass is 10.0. The van der Waals surface area contributed by atoms with Gasteiger partial charge >= 0.3 is 5.97 Å². The van der Waals surface area contributed by atoms with E-state index in [0.29, 0.717) is 5.57 Å². The SMILES string of the molecule is O=C(O)C1=CS[C@@H]2C(=CC3CCC=CO3)C(=O)N12. The Morgan fingerprint density at radius 2 is 2.44 bits per heavy atom. The number of carbonyl (C=O) groups excluding carboxylic acids is 1. The molecule has 5 nitrogen and oxygen atoms in total. The van der Waals surface area contributed by atoms with Crippen LogP contribution in [0.3, 0.4) is 0 Å². The summed E-state index contributed by atoms with van der Waals surface area (Å²) in [7, 11) is 0. The number of nitrogens with zero attached hydrogens (tertiary/aromatic N) is 1. The maximum atomic E-state index is 11.9. The molecule has 1 unspecified atom stereocenters. The molecule has 1 amide bonds. The van der Waals surface area contributed by atoms with E-state index < -0.39 is 5.97 Å². The van der Waals surface area contributed by atoms with Crippen LogP contribution in [0.15, 0.2) is 35.1 Å². The van der Waals surface area contributed by atoms with Crippen LogP contribution in [0.5, 0.6) is 0 Å². The minimum Gasteiger partial charge on any atom is -0.494 e. The minimum atomic E-state index is -1.06. The Morgan fingerprint density at radius 1 is 1.61 bits per heavy atom. The molecule has 0 aromatic heterocycles. The topological polar surface area (TPSA) is 66.8 Å². The highest BCUT2D eigenvalue weighted by molar-refractivity contribution is 8.03. The Morgan fingerprint density at radius 3 is 3.11 bits per heavy atom. The molecule has 0 bridgehead atoms. The molecule has 0 saturated carbocycles. The van der Waals surface area contributed by atoms with Gasteiger partial charge in [-0.15, -0.1) is 11.8 Å². The molecule has 0 spiro atoms. The predicted molar refractivity (Wildman–Crippen MR) is 65.3 cm³/mol. The Balaban J connectivity index is 1.75. The molecule has 94 valence electrons. The Kier molecular flexibility index (Phi) is 2.66. The minimum absolute atomic E-state index is 0.0663. The quantitative estimate of drug-likeness (QED) is 0.604. The van der Waals surface area contributed by atoms with Gasteiger partial charge in [0.1, 0.15) is 17.2 Å². The van der Waals surface area contributed by atoms with Crippen LogP contribution in [0.1, 0.15) is 12.8 Å². The van der Waals surface area contributed by atoms with E-state index in [1.807, 2.05) is 12.2 Å². The predicted octanol–water partition coefficient (Wildman–Crippen LogP) is 1.45. The summed E-state index contributed by atoms with van der Waals surface area (Å²) in [5, 5.41) is 10.3. The van der Waals surface area contributed by atoms with E-state index in [0.717, 1.165) is 12.8 Å². The van der Waals surface area contributed by atoms with Gasteiger partial charge in [-0.25, -0.2) is 4.79 Å². The lowest BCUT2D eigenvalue weighted by Crippen LogP contribution is -2.51. The summed E-state index contributed by atoms with van der Waals surface area (Å²) >= 11 is 1.35. The molecule has 3 rings (SSSR count). The van der Waals surface area contributed by atoms with Crippen LogP contribution in [0, 0.1) is 0 Å². The summed E-state index contributed by atoms with van der Waals surface area (Å²) in [5.41, 5.74) is 0.712. The van der Waals surface area contributed by atoms with Gasteiger partial charge in [-0.1, -0.05) is 0 Å². The number of thioether (sulfide) groups is 1. The molecule has 1 fully saturated rings. The van der Waals surface area contributed by atoms with Crippen molar-refractivity contribution in [3.8, 4) is 0 Å². The molecule has 0 aliphatic carbocycles. The molecule has 3 aliphatic rings. The van der Waals surface area contributed by atoms with Gasteiger partial charge in [0.05, 0.1) is 11.8 Å². The third-order valence-corrected chi connectivity index (χ3v) is 4.17. The van der Waals surface area contributed by atoms with E-state index in [2.05, 4.69) is 0 Å². The van der Waals surface area contributed by atoms with Crippen LogP contribution >= 0.6 is 11.8 Å². The fraction of sp³-hybridized carbons (Fsp3) is 0.333. The molecule has 3 heterocycles. The number of fused-ring (bicyclic) bond motifs is 1. The van der Waals surface area contributed by atoms with Crippen molar-refractivity contribution in [1.29, 1.82) is 0 Å². The van der Waals surface area contributed by atoms with E-state index in [4.69, 9.17) is 9.84 Å². The molecular formula is C12H11NO4S. The Bertz CT molecular complexity index is 508. The molecule has 6 heteroatoms. The van der Waals surface area contributed by atoms with Gasteiger partial charge < -0.3 is 9.84 Å². The van der Waals surface area contributed by atoms with Gasteiger partial charge in [0, 0.05) is 5.41 Å². The largest absolute Gasteiger partial charge is 0.494 e. The third kappa shape index (κ3) is 1.64. The summed E-state index contributed by atoms with van der Waals surface area (Å²) in [6.45, 7) is 0. The number of aliphatic carboxylic acids is 1. The average molecular weight is 265 g/mol. The maximum Gasteiger partial charge on any atom is 0.353 e. The zero-order chi connectivity index (χ0) is 12.7. The normalized spacial score (nSPS) is 31.8. The smallest absolute Gasteiger partial charge is 0.353 e. The van der Waals surface area contributed by atoms with Crippen molar-refractivity contribution in [1.82, 2.24) is 4.90 Å². The van der Waals surface area contributed by atoms with Crippen molar-refractivity contribution in [3.63, 3.8) is 0 Å². The molecular weight excluding hydrogens is 254 g/mol. The summed E-state index contributed by atoms with van der Waals surface area (Å²) in [4.78, 5) is 24.1. The first kappa shape index (κ1) is 11.4. The van der Waals surface area contributed by atoms with Crippen molar-refractivity contribution in [2.75, 3.05) is 0 Å². The number of ether oxygens (including phenoxy) is 1.